The molecule has 0 rings (SSSR count). The van der Waals surface area contributed by atoms with Gasteiger partial charge in [0.2, 0.25) is 0 Å². The first-order valence-electron chi connectivity index (χ1n) is 5.90. The first-order valence-corrected chi connectivity index (χ1v) is 5.90. The van der Waals surface area contributed by atoms with Crippen LogP contribution in [0, 0.1) is 0 Å². The van der Waals surface area contributed by atoms with Crippen LogP contribution >= 0.6 is 0 Å². The Balaban J connectivity index is 3.77. The molecule has 2 atom stereocenters. The van der Waals surface area contributed by atoms with Gasteiger partial charge in [-0.3, -0.25) is 4.79 Å². The molecule has 0 heterocycles. The topological polar surface area (TPSA) is 108 Å². The van der Waals surface area contributed by atoms with E-state index >= 15 is 0 Å². The van der Waals surface area contributed by atoms with Crippen molar-refractivity contribution in [3.05, 3.63) is 0 Å². The summed E-state index contributed by atoms with van der Waals surface area (Å²) in [6, 6.07) is 0. The molecule has 7 heteroatoms. The summed E-state index contributed by atoms with van der Waals surface area (Å²) in [6.07, 6.45) is -0.931. The molecule has 0 bridgehead atoms. The number of unbranched alkanes of at least 4 members (excludes halogenated alkanes) is 2. The van der Waals surface area contributed by atoms with E-state index in [4.69, 9.17) is 0 Å². The van der Waals surface area contributed by atoms with E-state index in [1.165, 1.54) is 0 Å². The van der Waals surface area contributed by atoms with Crippen molar-refractivity contribution in [2.75, 3.05) is 27.2 Å². The largest absolute Gasteiger partial charge is 0.467 e. The number of carbonyl (C=O) groups is 2. The van der Waals surface area contributed by atoms with Crippen LogP contribution in [0.2, 0.25) is 0 Å². The van der Waals surface area contributed by atoms with Crippen LogP contribution in [0.3, 0.4) is 0 Å². The summed E-state index contributed by atoms with van der Waals surface area (Å²) in [7, 11) is 2.93. The van der Waals surface area contributed by atoms with Gasteiger partial charge in [-0.05, 0) is 26.4 Å². The van der Waals surface area contributed by atoms with Gasteiger partial charge in [0.1, 0.15) is 0 Å². The fourth-order valence-electron chi connectivity index (χ4n) is 1.31. The highest BCUT2D eigenvalue weighted by Gasteiger charge is 2.30. The maximum absolute atomic E-state index is 11.4. The fraction of sp³-hybridized carbons (Fsp3) is 0.818. The van der Waals surface area contributed by atoms with Gasteiger partial charge in [-0.25, -0.2) is 4.79 Å². The van der Waals surface area contributed by atoms with Gasteiger partial charge in [0.05, 0.1) is 7.11 Å². The van der Waals surface area contributed by atoms with Crippen molar-refractivity contribution in [2.24, 2.45) is 0 Å². The summed E-state index contributed by atoms with van der Waals surface area (Å²) >= 11 is 0. The van der Waals surface area contributed by atoms with Crippen LogP contribution in [0.5, 0.6) is 0 Å². The minimum absolute atomic E-state index is 0.396. The van der Waals surface area contributed by atoms with Crippen molar-refractivity contribution in [3.8, 4) is 0 Å². The molecule has 106 valence electrons. The first-order chi connectivity index (χ1) is 8.54. The number of rotatable bonds is 9. The van der Waals surface area contributed by atoms with Gasteiger partial charge >= 0.3 is 5.97 Å². The average Bonchev–Trinajstić information content (AvgIpc) is 2.39. The van der Waals surface area contributed by atoms with Gasteiger partial charge in [0, 0.05) is 6.54 Å². The molecule has 18 heavy (non-hydrogen) atoms. The van der Waals surface area contributed by atoms with Gasteiger partial charge in [0.25, 0.3) is 5.91 Å². The van der Waals surface area contributed by atoms with E-state index in [1.807, 2.05) is 7.05 Å². The van der Waals surface area contributed by atoms with Gasteiger partial charge in [-0.1, -0.05) is 6.42 Å². The molecule has 7 nitrogen and oxygen atoms in total. The van der Waals surface area contributed by atoms with Crippen molar-refractivity contribution in [3.63, 3.8) is 0 Å². The number of hydrogen-bond donors (Lipinski definition) is 4. The molecule has 0 aromatic carbocycles. The lowest BCUT2D eigenvalue weighted by atomic mass is 10.2. The summed E-state index contributed by atoms with van der Waals surface area (Å²) < 4.78 is 4.22. The molecule has 0 saturated heterocycles. The van der Waals surface area contributed by atoms with E-state index in [9.17, 15) is 19.8 Å². The lowest BCUT2D eigenvalue weighted by Crippen LogP contribution is -2.46. The molecule has 0 spiro atoms. The quantitative estimate of drug-likeness (QED) is 0.294. The van der Waals surface area contributed by atoms with E-state index < -0.39 is 24.1 Å². The second-order valence-electron chi connectivity index (χ2n) is 3.87. The molecule has 0 aromatic rings. The van der Waals surface area contributed by atoms with Crippen LogP contribution in [0.25, 0.3) is 0 Å². The molecular weight excluding hydrogens is 240 g/mol. The second kappa shape index (κ2) is 9.81. The number of ether oxygens (including phenoxy) is 1. The fourth-order valence-corrected chi connectivity index (χ4v) is 1.31. The Hall–Kier alpha value is -1.18. The summed E-state index contributed by atoms with van der Waals surface area (Å²) in [4.78, 5) is 22.2. The van der Waals surface area contributed by atoms with E-state index in [-0.39, 0.29) is 0 Å². The maximum atomic E-state index is 11.4. The minimum atomic E-state index is -1.85. The summed E-state index contributed by atoms with van der Waals surface area (Å²) in [5.74, 6) is -1.81. The van der Waals surface area contributed by atoms with E-state index in [1.54, 1.807) is 0 Å². The van der Waals surface area contributed by atoms with Crippen molar-refractivity contribution in [1.82, 2.24) is 10.6 Å². The first kappa shape index (κ1) is 16.8. The van der Waals surface area contributed by atoms with E-state index in [2.05, 4.69) is 15.4 Å². The number of esters is 1. The Morgan fingerprint density at radius 2 is 1.72 bits per heavy atom. The SMILES string of the molecule is CNCCCCCNC(=O)[C@H](O)[C@@H](O)C(=O)OC. The molecule has 0 aromatic heterocycles. The molecule has 0 unspecified atom stereocenters. The van der Waals surface area contributed by atoms with E-state index in [0.717, 1.165) is 32.9 Å². The normalized spacial score (nSPS) is 13.8. The van der Waals surface area contributed by atoms with Crippen molar-refractivity contribution < 1.29 is 24.5 Å². The maximum Gasteiger partial charge on any atom is 0.338 e. The summed E-state index contributed by atoms with van der Waals surface area (Å²) in [5, 5.41) is 24.0. The third-order valence-corrected chi connectivity index (χ3v) is 2.41. The second-order valence-corrected chi connectivity index (χ2v) is 3.87. The molecule has 0 aliphatic rings. The third-order valence-electron chi connectivity index (χ3n) is 2.41. The third kappa shape index (κ3) is 6.53. The number of nitrogens with one attached hydrogen (secondary N) is 2. The highest BCUT2D eigenvalue weighted by Crippen LogP contribution is 1.97. The highest BCUT2D eigenvalue weighted by atomic mass is 16.5. The summed E-state index contributed by atoms with van der Waals surface area (Å²) in [6.45, 7) is 1.31. The van der Waals surface area contributed by atoms with Gasteiger partial charge in [0.15, 0.2) is 12.2 Å². The van der Waals surface area contributed by atoms with E-state index in [0.29, 0.717) is 6.54 Å². The van der Waals surface area contributed by atoms with Crippen molar-refractivity contribution in [1.29, 1.82) is 0 Å². The number of methoxy groups -OCH3 is 1. The Kier molecular flexibility index (Phi) is 9.17. The number of aliphatic hydroxyl groups excluding tert-OH is 2. The zero-order valence-electron chi connectivity index (χ0n) is 10.8. The molecule has 0 aliphatic carbocycles. The Labute approximate surface area is 107 Å². The smallest absolute Gasteiger partial charge is 0.338 e. The number of aliphatic hydroxyl groups is 2. The standard InChI is InChI=1S/C11H22N2O5/c1-12-6-4-3-5-7-13-10(16)8(14)9(15)11(17)18-2/h8-9,12,14-15H,3-7H2,1-2H3,(H,13,16)/t8-,9-/m1/s1. The summed E-state index contributed by atoms with van der Waals surface area (Å²) in [5.41, 5.74) is 0. The monoisotopic (exact) mass is 262 g/mol. The van der Waals surface area contributed by atoms with Crippen molar-refractivity contribution >= 4 is 11.9 Å². The van der Waals surface area contributed by atoms with Gasteiger partial charge in [-0.15, -0.1) is 0 Å². The number of hydrogen-bond acceptors (Lipinski definition) is 6. The predicted octanol–water partition coefficient (Wildman–Crippen LogP) is -1.61. The number of amides is 1. The van der Waals surface area contributed by atoms with Gasteiger partial charge < -0.3 is 25.6 Å². The predicted molar refractivity (Wildman–Crippen MR) is 64.8 cm³/mol. The van der Waals surface area contributed by atoms with Crippen LogP contribution in [0.4, 0.5) is 0 Å². The molecule has 1 amide bonds. The van der Waals surface area contributed by atoms with Crippen LogP contribution in [0.15, 0.2) is 0 Å². The Morgan fingerprint density at radius 1 is 1.11 bits per heavy atom. The molecule has 0 fully saturated rings. The zero-order valence-corrected chi connectivity index (χ0v) is 10.8. The average molecular weight is 262 g/mol. The van der Waals surface area contributed by atoms with Crippen LogP contribution in [-0.2, 0) is 14.3 Å². The molecule has 4 N–H and O–H groups in total. The Bertz CT molecular complexity index is 260. The van der Waals surface area contributed by atoms with Crippen LogP contribution in [-0.4, -0.2) is 61.5 Å². The van der Waals surface area contributed by atoms with Crippen LogP contribution < -0.4 is 10.6 Å². The zero-order chi connectivity index (χ0) is 14.0. The lowest BCUT2D eigenvalue weighted by Gasteiger charge is -2.15. The molecule has 0 radical (unpaired) electrons. The molecule has 0 saturated carbocycles. The molecular formula is C11H22N2O5. The minimum Gasteiger partial charge on any atom is -0.467 e. The van der Waals surface area contributed by atoms with Crippen molar-refractivity contribution in [2.45, 2.75) is 31.5 Å². The molecule has 0 aliphatic heterocycles. The van der Waals surface area contributed by atoms with Gasteiger partial charge in [-0.2, -0.15) is 0 Å². The van der Waals surface area contributed by atoms with Crippen LogP contribution in [0.1, 0.15) is 19.3 Å². The number of carbonyl (C=O) groups excluding carboxylic acids is 2. The lowest BCUT2D eigenvalue weighted by molar-refractivity contribution is -0.161. The highest BCUT2D eigenvalue weighted by molar-refractivity contribution is 5.88. The Morgan fingerprint density at radius 3 is 2.28 bits per heavy atom.